The number of nitrogens with zero attached hydrogens (tertiary/aromatic N) is 2. The minimum atomic E-state index is -4.90. The molecule has 1 N–H and O–H groups in total. The fourth-order valence-corrected chi connectivity index (χ4v) is 4.43. The molecule has 7 nitrogen and oxygen atoms in total. The molecule has 0 bridgehead atoms. The quantitative estimate of drug-likeness (QED) is 0.670. The van der Waals surface area contributed by atoms with Crippen LogP contribution in [0, 0.1) is 11.3 Å². The van der Waals surface area contributed by atoms with E-state index in [1.54, 1.807) is 12.1 Å². The summed E-state index contributed by atoms with van der Waals surface area (Å²) < 4.78 is 67.5. The number of hydrogen-bond acceptors (Lipinski definition) is 7. The van der Waals surface area contributed by atoms with Gasteiger partial charge in [-0.1, -0.05) is 23.4 Å². The molecule has 31 heavy (non-hydrogen) atoms. The highest BCUT2D eigenvalue weighted by Gasteiger charge is 2.35. The third kappa shape index (κ3) is 5.74. The summed E-state index contributed by atoms with van der Waals surface area (Å²) in [7, 11) is -4.28. The highest BCUT2D eigenvalue weighted by atomic mass is 32.2. The first-order valence-corrected chi connectivity index (χ1v) is 10.8. The second-order valence-electron chi connectivity index (χ2n) is 6.61. The van der Waals surface area contributed by atoms with Crippen molar-refractivity contribution in [1.29, 1.82) is 5.26 Å². The van der Waals surface area contributed by atoms with Gasteiger partial charge in [0, 0.05) is 31.5 Å². The van der Waals surface area contributed by atoms with Crippen LogP contribution in [0.2, 0.25) is 0 Å². The molecule has 164 valence electrons. The minimum absolute atomic E-state index is 0.0820. The Morgan fingerprint density at radius 2 is 1.71 bits per heavy atom. The fourth-order valence-electron chi connectivity index (χ4n) is 2.97. The fraction of sp³-hybridized carbons (Fsp3) is 0.300. The zero-order chi connectivity index (χ0) is 22.5. The van der Waals surface area contributed by atoms with Gasteiger partial charge in [-0.3, -0.25) is 0 Å². The van der Waals surface area contributed by atoms with E-state index in [1.165, 1.54) is 12.1 Å². The Balaban J connectivity index is 1.98. The Hall–Kier alpha value is -3.10. The molecule has 1 heterocycles. The number of hydrogen-bond donors (Lipinski definition) is 1. The summed E-state index contributed by atoms with van der Waals surface area (Å²) in [5.41, 5.74) is -0.819. The smallest absolute Gasteiger partial charge is 0.406 e. The molecule has 0 spiro atoms. The van der Waals surface area contributed by atoms with E-state index < -0.39 is 27.4 Å². The standard InChI is InChI=1S/C20H18F3N3O4S/c21-20(22,23)29-16-5-7-17(8-6-16)31(27,28)19(18-4-2-1-3-14(18)13-24)30-26-15-9-11-25-12-10-15/h1-8,19,25H,9-12H2. The van der Waals surface area contributed by atoms with Gasteiger partial charge in [0.2, 0.25) is 9.84 Å². The first-order chi connectivity index (χ1) is 14.7. The van der Waals surface area contributed by atoms with Crippen molar-refractivity contribution in [2.75, 3.05) is 13.1 Å². The Bertz CT molecular complexity index is 1090. The molecular formula is C20H18F3N3O4S. The first-order valence-electron chi connectivity index (χ1n) is 9.22. The Kier molecular flexibility index (Phi) is 6.82. The predicted molar refractivity (Wildman–Crippen MR) is 105 cm³/mol. The van der Waals surface area contributed by atoms with Crippen LogP contribution >= 0.6 is 0 Å². The maximum Gasteiger partial charge on any atom is 0.573 e. The molecule has 0 aliphatic carbocycles. The molecule has 1 saturated heterocycles. The van der Waals surface area contributed by atoms with Crippen molar-refractivity contribution >= 4 is 15.5 Å². The lowest BCUT2D eigenvalue weighted by Crippen LogP contribution is -2.28. The lowest BCUT2D eigenvalue weighted by Gasteiger charge is -2.20. The zero-order valence-electron chi connectivity index (χ0n) is 16.1. The number of alkyl halides is 3. The molecule has 3 rings (SSSR count). The molecular weight excluding hydrogens is 435 g/mol. The molecule has 0 radical (unpaired) electrons. The van der Waals surface area contributed by atoms with Crippen LogP contribution < -0.4 is 10.1 Å². The Morgan fingerprint density at radius 1 is 1.06 bits per heavy atom. The highest BCUT2D eigenvalue weighted by molar-refractivity contribution is 7.91. The molecule has 2 aromatic carbocycles. The number of benzene rings is 2. The number of piperidine rings is 1. The van der Waals surface area contributed by atoms with Crippen molar-refractivity contribution in [1.82, 2.24) is 5.32 Å². The van der Waals surface area contributed by atoms with E-state index in [-0.39, 0.29) is 16.0 Å². The molecule has 1 atom stereocenters. The third-order valence-electron chi connectivity index (χ3n) is 4.46. The summed E-state index contributed by atoms with van der Waals surface area (Å²) in [6, 6.07) is 11.7. The summed E-state index contributed by atoms with van der Waals surface area (Å²) in [5.74, 6) is -0.559. The van der Waals surface area contributed by atoms with Gasteiger partial charge < -0.3 is 14.9 Å². The maximum absolute atomic E-state index is 13.3. The monoisotopic (exact) mass is 453 g/mol. The van der Waals surface area contributed by atoms with E-state index in [9.17, 15) is 26.9 Å². The second-order valence-corrected chi connectivity index (χ2v) is 8.60. The van der Waals surface area contributed by atoms with E-state index in [0.717, 1.165) is 24.3 Å². The van der Waals surface area contributed by atoms with Gasteiger partial charge in [-0.05, 0) is 30.3 Å². The Labute approximate surface area is 177 Å². The normalized spacial score (nSPS) is 15.6. The first kappa shape index (κ1) is 22.6. The number of ether oxygens (including phenoxy) is 1. The number of nitrogens with one attached hydrogen (secondary N) is 1. The van der Waals surface area contributed by atoms with Crippen LogP contribution in [-0.2, 0) is 14.7 Å². The van der Waals surface area contributed by atoms with Gasteiger partial charge in [-0.25, -0.2) is 8.42 Å². The second kappa shape index (κ2) is 9.36. The van der Waals surface area contributed by atoms with Gasteiger partial charge in [0.15, 0.2) is 0 Å². The molecule has 1 unspecified atom stereocenters. The molecule has 0 aromatic heterocycles. The van der Waals surface area contributed by atoms with Crippen LogP contribution in [0.25, 0.3) is 0 Å². The summed E-state index contributed by atoms with van der Waals surface area (Å²) in [6.45, 7) is 1.35. The molecule has 0 amide bonds. The van der Waals surface area contributed by atoms with Crippen molar-refractivity contribution in [3.63, 3.8) is 0 Å². The van der Waals surface area contributed by atoms with Gasteiger partial charge >= 0.3 is 6.36 Å². The van der Waals surface area contributed by atoms with Crippen molar-refractivity contribution in [2.45, 2.75) is 29.5 Å². The summed E-state index contributed by atoms with van der Waals surface area (Å²) >= 11 is 0. The van der Waals surface area contributed by atoms with Gasteiger partial charge in [0.1, 0.15) is 5.75 Å². The van der Waals surface area contributed by atoms with Crippen LogP contribution in [0.3, 0.4) is 0 Å². The lowest BCUT2D eigenvalue weighted by atomic mass is 10.1. The molecule has 11 heteroatoms. The zero-order valence-corrected chi connectivity index (χ0v) is 16.9. The number of sulfone groups is 1. The average molecular weight is 453 g/mol. The van der Waals surface area contributed by atoms with Gasteiger partial charge in [-0.15, -0.1) is 13.2 Å². The van der Waals surface area contributed by atoms with Gasteiger partial charge in [0.25, 0.3) is 5.44 Å². The van der Waals surface area contributed by atoms with Gasteiger partial charge in [-0.2, -0.15) is 5.26 Å². The molecule has 1 aliphatic heterocycles. The van der Waals surface area contributed by atoms with Crippen LogP contribution in [0.4, 0.5) is 13.2 Å². The SMILES string of the molecule is N#Cc1ccccc1C(ON=C1CCNCC1)S(=O)(=O)c1ccc(OC(F)(F)F)cc1. The number of rotatable bonds is 6. The molecule has 1 fully saturated rings. The summed E-state index contributed by atoms with van der Waals surface area (Å²) in [5, 5.41) is 16.5. The van der Waals surface area contributed by atoms with Crippen LogP contribution in [-0.4, -0.2) is 33.6 Å². The van der Waals surface area contributed by atoms with E-state index in [0.29, 0.717) is 31.6 Å². The van der Waals surface area contributed by atoms with E-state index in [2.05, 4.69) is 15.2 Å². The topological polar surface area (TPSA) is 101 Å². The largest absolute Gasteiger partial charge is 0.573 e. The number of nitriles is 1. The molecule has 2 aromatic rings. The minimum Gasteiger partial charge on any atom is -0.406 e. The predicted octanol–water partition coefficient (Wildman–Crippen LogP) is 3.69. The van der Waals surface area contributed by atoms with Crippen LogP contribution in [0.1, 0.15) is 29.4 Å². The summed E-state index contributed by atoms with van der Waals surface area (Å²) in [4.78, 5) is 5.15. The molecule has 0 saturated carbocycles. The van der Waals surface area contributed by atoms with Crippen LogP contribution in [0.15, 0.2) is 58.6 Å². The number of oxime groups is 1. The third-order valence-corrected chi connectivity index (χ3v) is 6.29. The van der Waals surface area contributed by atoms with Crippen molar-refractivity contribution in [2.24, 2.45) is 5.16 Å². The summed E-state index contributed by atoms with van der Waals surface area (Å²) in [6.07, 6.45) is -3.74. The van der Waals surface area contributed by atoms with Crippen molar-refractivity contribution in [3.8, 4) is 11.8 Å². The van der Waals surface area contributed by atoms with Crippen LogP contribution in [0.5, 0.6) is 5.75 Å². The highest BCUT2D eigenvalue weighted by Crippen LogP contribution is 2.34. The van der Waals surface area contributed by atoms with E-state index in [4.69, 9.17) is 4.84 Å². The van der Waals surface area contributed by atoms with Crippen molar-refractivity contribution < 1.29 is 31.2 Å². The Morgan fingerprint density at radius 3 is 2.32 bits per heavy atom. The van der Waals surface area contributed by atoms with E-state index >= 15 is 0 Å². The average Bonchev–Trinajstić information content (AvgIpc) is 2.74. The maximum atomic E-state index is 13.3. The molecule has 1 aliphatic rings. The van der Waals surface area contributed by atoms with E-state index in [1.807, 2.05) is 6.07 Å². The number of halogens is 3. The van der Waals surface area contributed by atoms with Crippen molar-refractivity contribution in [3.05, 3.63) is 59.7 Å². The van der Waals surface area contributed by atoms with Gasteiger partial charge in [0.05, 0.1) is 22.2 Å². The lowest BCUT2D eigenvalue weighted by molar-refractivity contribution is -0.274.